The van der Waals surface area contributed by atoms with Gasteiger partial charge in [0.05, 0.1) is 19.1 Å². The third kappa shape index (κ3) is 4.04. The van der Waals surface area contributed by atoms with Gasteiger partial charge >= 0.3 is 0 Å². The largest absolute Gasteiger partial charge is 0.378 e. The zero-order valence-electron chi connectivity index (χ0n) is 14.2. The van der Waals surface area contributed by atoms with Crippen LogP contribution in [0.25, 0.3) is 0 Å². The molecule has 0 bridgehead atoms. The fraction of sp³-hybridized carbons (Fsp3) is 0.526. The van der Waals surface area contributed by atoms with Gasteiger partial charge in [-0.2, -0.15) is 0 Å². The van der Waals surface area contributed by atoms with Gasteiger partial charge in [-0.3, -0.25) is 9.69 Å². The predicted octanol–water partition coefficient (Wildman–Crippen LogP) is 1.12. The van der Waals surface area contributed by atoms with Crippen molar-refractivity contribution in [3.8, 4) is 0 Å². The molecule has 2 unspecified atom stereocenters. The maximum Gasteiger partial charge on any atom is 0.231 e. The van der Waals surface area contributed by atoms with Gasteiger partial charge in [0, 0.05) is 45.3 Å². The van der Waals surface area contributed by atoms with E-state index in [2.05, 4.69) is 41.1 Å². The second-order valence-corrected chi connectivity index (χ2v) is 6.43. The van der Waals surface area contributed by atoms with E-state index in [0.717, 1.165) is 26.2 Å². The van der Waals surface area contributed by atoms with E-state index >= 15 is 0 Å². The van der Waals surface area contributed by atoms with Gasteiger partial charge in [0.2, 0.25) is 5.91 Å². The Balaban J connectivity index is 1.72. The molecule has 2 atom stereocenters. The number of carbonyl (C=O) groups excluding carboxylic acids is 1. The summed E-state index contributed by atoms with van der Waals surface area (Å²) >= 11 is 0. The first kappa shape index (κ1) is 17.1. The van der Waals surface area contributed by atoms with Gasteiger partial charge in [0.1, 0.15) is 0 Å². The molecule has 2 aliphatic rings. The number of amides is 1. The van der Waals surface area contributed by atoms with Gasteiger partial charge in [0.15, 0.2) is 0 Å². The summed E-state index contributed by atoms with van der Waals surface area (Å²) in [5.41, 5.74) is 1.28. The minimum atomic E-state index is -0.181. The van der Waals surface area contributed by atoms with Crippen molar-refractivity contribution in [2.75, 3.05) is 45.9 Å². The molecule has 0 aliphatic carbocycles. The van der Waals surface area contributed by atoms with E-state index in [1.807, 2.05) is 17.0 Å². The van der Waals surface area contributed by atoms with Gasteiger partial charge < -0.3 is 15.0 Å². The maximum absolute atomic E-state index is 13.0. The molecule has 2 aliphatic heterocycles. The van der Waals surface area contributed by atoms with Crippen molar-refractivity contribution in [3.05, 3.63) is 48.6 Å². The molecule has 1 N–H and O–H groups in total. The molecule has 24 heavy (non-hydrogen) atoms. The molecule has 0 aromatic heterocycles. The summed E-state index contributed by atoms with van der Waals surface area (Å²) in [4.78, 5) is 17.3. The zero-order valence-corrected chi connectivity index (χ0v) is 14.2. The molecule has 2 heterocycles. The monoisotopic (exact) mass is 329 g/mol. The Morgan fingerprint density at radius 1 is 1.29 bits per heavy atom. The molecular formula is C19H27N3O2. The highest BCUT2D eigenvalue weighted by Gasteiger charge is 2.35. The molecule has 1 aromatic rings. The van der Waals surface area contributed by atoms with Crippen LogP contribution in [0.5, 0.6) is 0 Å². The highest BCUT2D eigenvalue weighted by Crippen LogP contribution is 2.20. The highest BCUT2D eigenvalue weighted by molar-refractivity contribution is 5.81. The first-order chi connectivity index (χ1) is 11.8. The number of carbonyl (C=O) groups is 1. The molecule has 1 aromatic carbocycles. The van der Waals surface area contributed by atoms with Crippen LogP contribution in [0.15, 0.2) is 43.0 Å². The molecule has 3 rings (SSSR count). The van der Waals surface area contributed by atoms with Gasteiger partial charge in [-0.1, -0.05) is 36.4 Å². The van der Waals surface area contributed by atoms with E-state index in [-0.39, 0.29) is 17.9 Å². The van der Waals surface area contributed by atoms with Gasteiger partial charge in [-0.05, 0) is 5.56 Å². The molecule has 5 nitrogen and oxygen atoms in total. The topological polar surface area (TPSA) is 44.8 Å². The predicted molar refractivity (Wildman–Crippen MR) is 94.6 cm³/mol. The van der Waals surface area contributed by atoms with Crippen LogP contribution in [-0.2, 0) is 16.1 Å². The second-order valence-electron chi connectivity index (χ2n) is 6.43. The van der Waals surface area contributed by atoms with E-state index in [0.29, 0.717) is 26.3 Å². The van der Waals surface area contributed by atoms with Crippen molar-refractivity contribution in [3.63, 3.8) is 0 Å². The second kappa shape index (κ2) is 8.42. The van der Waals surface area contributed by atoms with Crippen LogP contribution in [0, 0.1) is 5.92 Å². The van der Waals surface area contributed by atoms with Crippen LogP contribution in [0.2, 0.25) is 0 Å². The van der Waals surface area contributed by atoms with Crippen LogP contribution in [0.1, 0.15) is 5.56 Å². The number of benzene rings is 1. The Hall–Kier alpha value is -1.69. The smallest absolute Gasteiger partial charge is 0.231 e. The van der Waals surface area contributed by atoms with Gasteiger partial charge in [0.25, 0.3) is 0 Å². The van der Waals surface area contributed by atoms with Crippen LogP contribution < -0.4 is 5.32 Å². The molecule has 1 amide bonds. The summed E-state index contributed by atoms with van der Waals surface area (Å²) < 4.78 is 5.37. The number of hydrogen-bond acceptors (Lipinski definition) is 4. The fourth-order valence-corrected chi connectivity index (χ4v) is 3.55. The normalized spacial score (nSPS) is 23.7. The van der Waals surface area contributed by atoms with Crippen LogP contribution in [0.3, 0.4) is 0 Å². The third-order valence-electron chi connectivity index (χ3n) is 4.90. The lowest BCUT2D eigenvalue weighted by atomic mass is 9.94. The molecular weight excluding hydrogens is 302 g/mol. The standard InChI is InChI=1S/C19H27N3O2/c1-2-17(19(23)21-10-12-24-13-11-21)18-14-20-8-9-22(18)15-16-6-4-3-5-7-16/h2-7,17-18,20H,1,8-15H2. The number of nitrogens with one attached hydrogen (secondary N) is 1. The number of piperazine rings is 1. The Bertz CT molecular complexity index is 543. The van der Waals surface area contributed by atoms with Crippen LogP contribution in [0.4, 0.5) is 0 Å². The van der Waals surface area contributed by atoms with Crippen molar-refractivity contribution < 1.29 is 9.53 Å². The maximum atomic E-state index is 13.0. The Morgan fingerprint density at radius 2 is 2.04 bits per heavy atom. The summed E-state index contributed by atoms with van der Waals surface area (Å²) in [6.45, 7) is 10.2. The summed E-state index contributed by atoms with van der Waals surface area (Å²) in [7, 11) is 0. The first-order valence-corrected chi connectivity index (χ1v) is 8.77. The summed E-state index contributed by atoms with van der Waals surface area (Å²) in [5, 5.41) is 3.44. The van der Waals surface area contributed by atoms with Crippen molar-refractivity contribution >= 4 is 5.91 Å². The lowest BCUT2D eigenvalue weighted by Gasteiger charge is -2.41. The lowest BCUT2D eigenvalue weighted by Crippen LogP contribution is -2.57. The molecule has 0 saturated carbocycles. The fourth-order valence-electron chi connectivity index (χ4n) is 3.55. The number of hydrogen-bond donors (Lipinski definition) is 1. The summed E-state index contributed by atoms with van der Waals surface area (Å²) in [5.74, 6) is -0.000302. The Kier molecular flexibility index (Phi) is 6.01. The number of morpholine rings is 1. The van der Waals surface area contributed by atoms with E-state index < -0.39 is 0 Å². The zero-order chi connectivity index (χ0) is 16.8. The molecule has 130 valence electrons. The van der Waals surface area contributed by atoms with E-state index in [1.54, 1.807) is 0 Å². The van der Waals surface area contributed by atoms with Crippen LogP contribution in [-0.4, -0.2) is 67.7 Å². The molecule has 0 spiro atoms. The van der Waals surface area contributed by atoms with E-state index in [4.69, 9.17) is 4.74 Å². The van der Waals surface area contributed by atoms with Gasteiger partial charge in [-0.15, -0.1) is 6.58 Å². The lowest BCUT2D eigenvalue weighted by molar-refractivity contribution is -0.140. The van der Waals surface area contributed by atoms with E-state index in [9.17, 15) is 4.79 Å². The van der Waals surface area contributed by atoms with Crippen LogP contribution >= 0.6 is 0 Å². The van der Waals surface area contributed by atoms with Crippen molar-refractivity contribution in [2.24, 2.45) is 5.92 Å². The highest BCUT2D eigenvalue weighted by atomic mass is 16.5. The molecule has 5 heteroatoms. The number of rotatable bonds is 5. The Morgan fingerprint density at radius 3 is 2.75 bits per heavy atom. The minimum absolute atomic E-state index is 0.145. The third-order valence-corrected chi connectivity index (χ3v) is 4.90. The molecule has 2 fully saturated rings. The molecule has 0 radical (unpaired) electrons. The number of ether oxygens (including phenoxy) is 1. The molecule has 2 saturated heterocycles. The van der Waals surface area contributed by atoms with E-state index in [1.165, 1.54) is 5.56 Å². The minimum Gasteiger partial charge on any atom is -0.378 e. The van der Waals surface area contributed by atoms with Crippen molar-refractivity contribution in [1.29, 1.82) is 0 Å². The van der Waals surface area contributed by atoms with Crippen molar-refractivity contribution in [2.45, 2.75) is 12.6 Å². The quantitative estimate of drug-likeness (QED) is 0.823. The average molecular weight is 329 g/mol. The summed E-state index contributed by atoms with van der Waals surface area (Å²) in [6, 6.07) is 10.6. The SMILES string of the molecule is C=CC(C(=O)N1CCOCC1)C1CNCCN1Cc1ccccc1. The van der Waals surface area contributed by atoms with Crippen molar-refractivity contribution in [1.82, 2.24) is 15.1 Å². The first-order valence-electron chi connectivity index (χ1n) is 8.77. The number of nitrogens with zero attached hydrogens (tertiary/aromatic N) is 2. The van der Waals surface area contributed by atoms with Gasteiger partial charge in [-0.25, -0.2) is 0 Å². The average Bonchev–Trinajstić information content (AvgIpc) is 2.65. The summed E-state index contributed by atoms with van der Waals surface area (Å²) in [6.07, 6.45) is 1.83. The Labute approximate surface area is 144 Å².